The monoisotopic (exact) mass is 378 g/mol. The van der Waals surface area contributed by atoms with E-state index in [1.54, 1.807) is 0 Å². The molecule has 3 nitrogen and oxygen atoms in total. The van der Waals surface area contributed by atoms with Crippen molar-refractivity contribution >= 4 is 5.91 Å². The second kappa shape index (κ2) is 7.00. The van der Waals surface area contributed by atoms with E-state index in [9.17, 15) is 9.18 Å². The van der Waals surface area contributed by atoms with Gasteiger partial charge in [-0.1, -0.05) is 42.5 Å². The maximum absolute atomic E-state index is 13.3. The number of carbonyl (C=O) groups excluding carboxylic acids is 1. The van der Waals surface area contributed by atoms with Crippen LogP contribution >= 0.6 is 0 Å². The maximum atomic E-state index is 13.3. The summed E-state index contributed by atoms with van der Waals surface area (Å²) in [6.07, 6.45) is 4.36. The molecule has 3 fully saturated rings. The molecule has 2 aliphatic heterocycles. The zero-order valence-corrected chi connectivity index (χ0v) is 16.2. The largest absolute Gasteiger partial charge is 0.334 e. The van der Waals surface area contributed by atoms with E-state index in [2.05, 4.69) is 34.1 Å². The van der Waals surface area contributed by atoms with Crippen molar-refractivity contribution in [3.05, 3.63) is 71.5 Å². The Labute approximate surface area is 166 Å². The van der Waals surface area contributed by atoms with Gasteiger partial charge in [-0.05, 0) is 68.0 Å². The number of piperidine rings is 1. The Balaban J connectivity index is 1.31. The molecule has 0 radical (unpaired) electrons. The fourth-order valence-electron chi connectivity index (χ4n) is 5.10. The second-order valence-electron chi connectivity index (χ2n) is 8.77. The lowest BCUT2D eigenvalue weighted by Gasteiger charge is -2.59. The van der Waals surface area contributed by atoms with Crippen molar-refractivity contribution in [1.82, 2.24) is 9.80 Å². The van der Waals surface area contributed by atoms with Crippen LogP contribution in [0.1, 0.15) is 42.9 Å². The molecule has 0 aromatic heterocycles. The molecular formula is C24H27FN2O. The van der Waals surface area contributed by atoms with Crippen LogP contribution in [0.5, 0.6) is 0 Å². The number of benzene rings is 2. The number of nitrogens with zero attached hydrogens (tertiary/aromatic N) is 2. The van der Waals surface area contributed by atoms with E-state index >= 15 is 0 Å². The number of hydrogen-bond donors (Lipinski definition) is 0. The molecule has 0 bridgehead atoms. The number of β-lactam (4-membered cyclic amide) rings is 1. The summed E-state index contributed by atoms with van der Waals surface area (Å²) in [6.45, 7) is 3.60. The zero-order valence-electron chi connectivity index (χ0n) is 16.2. The molecule has 1 saturated carbocycles. The molecule has 146 valence electrons. The Bertz CT molecular complexity index is 839. The number of rotatable bonds is 5. The number of amides is 1. The molecule has 0 N–H and O–H groups in total. The van der Waals surface area contributed by atoms with Crippen molar-refractivity contribution < 1.29 is 9.18 Å². The molecule has 1 aliphatic carbocycles. The van der Waals surface area contributed by atoms with Crippen molar-refractivity contribution in [2.24, 2.45) is 11.3 Å². The third-order valence-corrected chi connectivity index (χ3v) is 6.86. The van der Waals surface area contributed by atoms with Crippen molar-refractivity contribution in [3.63, 3.8) is 0 Å². The highest BCUT2D eigenvalue weighted by Crippen LogP contribution is 2.57. The van der Waals surface area contributed by atoms with Crippen LogP contribution in [-0.2, 0) is 11.3 Å². The van der Waals surface area contributed by atoms with Crippen molar-refractivity contribution in [3.8, 4) is 0 Å². The number of carbonyl (C=O) groups is 1. The molecule has 2 aromatic carbocycles. The fourth-order valence-corrected chi connectivity index (χ4v) is 5.10. The van der Waals surface area contributed by atoms with Crippen LogP contribution in [0.2, 0.25) is 0 Å². The van der Waals surface area contributed by atoms with E-state index in [0.717, 1.165) is 44.6 Å². The number of hydrogen-bond acceptors (Lipinski definition) is 2. The Morgan fingerprint density at radius 2 is 1.64 bits per heavy atom. The molecule has 1 unspecified atom stereocenters. The minimum atomic E-state index is -0.227. The van der Waals surface area contributed by atoms with E-state index in [0.29, 0.717) is 11.8 Å². The first-order valence-corrected chi connectivity index (χ1v) is 10.5. The molecular weight excluding hydrogens is 351 g/mol. The smallest absolute Gasteiger partial charge is 0.231 e. The molecule has 1 spiro atoms. The van der Waals surface area contributed by atoms with Gasteiger partial charge in [0.25, 0.3) is 0 Å². The van der Waals surface area contributed by atoms with Gasteiger partial charge in [0.15, 0.2) is 0 Å². The SMILES string of the molecule is O=C1N(CC2CC2)C(c2ccccc2)C12CCN(Cc1ccc(F)cc1)CC2. The first kappa shape index (κ1) is 17.9. The van der Waals surface area contributed by atoms with Crippen LogP contribution in [-0.4, -0.2) is 35.3 Å². The summed E-state index contributed by atoms with van der Waals surface area (Å²) in [5.74, 6) is 0.892. The van der Waals surface area contributed by atoms with Gasteiger partial charge in [0.1, 0.15) is 5.82 Å². The maximum Gasteiger partial charge on any atom is 0.231 e. The average molecular weight is 378 g/mol. The van der Waals surface area contributed by atoms with Gasteiger partial charge in [-0.3, -0.25) is 9.69 Å². The summed E-state index contributed by atoms with van der Waals surface area (Å²) in [5, 5.41) is 0. The van der Waals surface area contributed by atoms with Crippen molar-refractivity contribution in [2.75, 3.05) is 19.6 Å². The molecule has 1 atom stereocenters. The molecule has 5 rings (SSSR count). The van der Waals surface area contributed by atoms with Crippen LogP contribution in [0, 0.1) is 17.2 Å². The van der Waals surface area contributed by atoms with Gasteiger partial charge < -0.3 is 4.90 Å². The van der Waals surface area contributed by atoms with Gasteiger partial charge >= 0.3 is 0 Å². The van der Waals surface area contributed by atoms with Crippen LogP contribution in [0.15, 0.2) is 54.6 Å². The molecule has 2 aromatic rings. The van der Waals surface area contributed by atoms with Gasteiger partial charge in [0.05, 0.1) is 11.5 Å². The minimum absolute atomic E-state index is 0.192. The van der Waals surface area contributed by atoms with E-state index in [1.807, 2.05) is 18.2 Å². The zero-order chi connectivity index (χ0) is 19.1. The van der Waals surface area contributed by atoms with E-state index in [-0.39, 0.29) is 17.3 Å². The highest BCUT2D eigenvalue weighted by atomic mass is 19.1. The molecule has 3 aliphatic rings. The summed E-state index contributed by atoms with van der Waals surface area (Å²) in [5.41, 5.74) is 2.19. The first-order chi connectivity index (χ1) is 13.7. The van der Waals surface area contributed by atoms with E-state index < -0.39 is 0 Å². The minimum Gasteiger partial charge on any atom is -0.334 e. The third-order valence-electron chi connectivity index (χ3n) is 6.86. The quantitative estimate of drug-likeness (QED) is 0.720. The Kier molecular flexibility index (Phi) is 4.47. The third kappa shape index (κ3) is 3.14. The van der Waals surface area contributed by atoms with E-state index in [1.165, 1.54) is 30.5 Å². The summed E-state index contributed by atoms with van der Waals surface area (Å²) in [4.78, 5) is 17.8. The standard InChI is InChI=1S/C24H27FN2O/c25-21-10-8-18(9-11-21)16-26-14-12-24(13-15-26)22(20-4-2-1-3-5-20)27(23(24)28)17-19-6-7-19/h1-5,8-11,19,22H,6-7,12-17H2. The summed E-state index contributed by atoms with van der Waals surface area (Å²) < 4.78 is 13.1. The topological polar surface area (TPSA) is 23.6 Å². The molecule has 2 saturated heterocycles. The highest BCUT2D eigenvalue weighted by Gasteiger charge is 2.61. The number of likely N-dealkylation sites (tertiary alicyclic amines) is 2. The van der Waals surface area contributed by atoms with Gasteiger partial charge in [0, 0.05) is 13.1 Å². The Hall–Kier alpha value is -2.20. The van der Waals surface area contributed by atoms with Gasteiger partial charge in [0.2, 0.25) is 5.91 Å². The van der Waals surface area contributed by atoms with E-state index in [4.69, 9.17) is 0 Å². The number of halogens is 1. The molecule has 2 heterocycles. The van der Waals surface area contributed by atoms with Gasteiger partial charge in [-0.25, -0.2) is 4.39 Å². The van der Waals surface area contributed by atoms with Crippen molar-refractivity contribution in [1.29, 1.82) is 0 Å². The summed E-state index contributed by atoms with van der Waals surface area (Å²) in [6, 6.07) is 17.6. The van der Waals surface area contributed by atoms with Gasteiger partial charge in [-0.2, -0.15) is 0 Å². The first-order valence-electron chi connectivity index (χ1n) is 10.5. The van der Waals surface area contributed by atoms with Crippen molar-refractivity contribution in [2.45, 2.75) is 38.3 Å². The summed E-state index contributed by atoms with van der Waals surface area (Å²) in [7, 11) is 0. The predicted octanol–water partition coefficient (Wildman–Crippen LogP) is 4.40. The Morgan fingerprint density at radius 3 is 2.29 bits per heavy atom. The lowest BCUT2D eigenvalue weighted by Crippen LogP contribution is -2.66. The van der Waals surface area contributed by atoms with Gasteiger partial charge in [-0.15, -0.1) is 0 Å². The highest BCUT2D eigenvalue weighted by molar-refractivity contribution is 5.91. The normalized spacial score (nSPS) is 24.4. The van der Waals surface area contributed by atoms with Crippen LogP contribution in [0.25, 0.3) is 0 Å². The molecule has 28 heavy (non-hydrogen) atoms. The second-order valence-corrected chi connectivity index (χ2v) is 8.77. The lowest BCUT2D eigenvalue weighted by atomic mass is 9.62. The molecule has 4 heteroatoms. The predicted molar refractivity (Wildman–Crippen MR) is 107 cm³/mol. The van der Waals surface area contributed by atoms with Crippen LogP contribution in [0.4, 0.5) is 4.39 Å². The Morgan fingerprint density at radius 1 is 0.964 bits per heavy atom. The average Bonchev–Trinajstić information content (AvgIpc) is 3.55. The van der Waals surface area contributed by atoms with Crippen LogP contribution in [0.3, 0.4) is 0 Å². The fraction of sp³-hybridized carbons (Fsp3) is 0.458. The lowest BCUT2D eigenvalue weighted by molar-refractivity contribution is -0.181. The molecule has 1 amide bonds. The summed E-state index contributed by atoms with van der Waals surface area (Å²) >= 11 is 0. The van der Waals surface area contributed by atoms with Crippen LogP contribution < -0.4 is 0 Å².